The number of furan rings is 1. The third-order valence-electron chi connectivity index (χ3n) is 12.4. The van der Waals surface area contributed by atoms with E-state index in [1.54, 1.807) is 0 Å². The van der Waals surface area contributed by atoms with Gasteiger partial charge in [0.1, 0.15) is 11.2 Å². The molecule has 0 fully saturated rings. The van der Waals surface area contributed by atoms with Crippen LogP contribution in [0.3, 0.4) is 0 Å². The molecule has 0 radical (unpaired) electrons. The van der Waals surface area contributed by atoms with Crippen LogP contribution in [-0.2, 0) is 0 Å². The zero-order valence-electron chi connectivity index (χ0n) is 34.4. The van der Waals surface area contributed by atoms with Gasteiger partial charge in [-0.15, -0.1) is 0 Å². The second-order valence-corrected chi connectivity index (χ2v) is 16.1. The smallest absolute Gasteiger partial charge is 0.137 e. The van der Waals surface area contributed by atoms with Gasteiger partial charge in [-0.1, -0.05) is 176 Å². The second kappa shape index (κ2) is 15.3. The molecule has 63 heavy (non-hydrogen) atoms. The molecule has 0 amide bonds. The third-order valence-corrected chi connectivity index (χ3v) is 12.4. The minimum Gasteiger partial charge on any atom is -0.456 e. The van der Waals surface area contributed by atoms with E-state index in [0.29, 0.717) is 0 Å². The Morgan fingerprint density at radius 3 is 1.46 bits per heavy atom. The summed E-state index contributed by atoms with van der Waals surface area (Å²) in [6, 6.07) is 87.0. The van der Waals surface area contributed by atoms with Crippen molar-refractivity contribution in [3.8, 4) is 50.2 Å². The van der Waals surface area contributed by atoms with Gasteiger partial charge < -0.3 is 13.9 Å². The number of anilines is 3. The van der Waals surface area contributed by atoms with E-state index in [4.69, 9.17) is 4.42 Å². The molecule has 0 aliphatic carbocycles. The van der Waals surface area contributed by atoms with Gasteiger partial charge in [-0.05, 0) is 99.6 Å². The highest BCUT2D eigenvalue weighted by Crippen LogP contribution is 2.43. The Bertz CT molecular complexity index is 3600. The van der Waals surface area contributed by atoms with E-state index < -0.39 is 0 Å². The molecule has 3 heteroatoms. The number of aromatic nitrogens is 1. The van der Waals surface area contributed by atoms with Crippen molar-refractivity contribution in [2.75, 3.05) is 4.90 Å². The van der Waals surface area contributed by atoms with Gasteiger partial charge in [0.05, 0.1) is 11.0 Å². The Morgan fingerprint density at radius 2 is 0.778 bits per heavy atom. The van der Waals surface area contributed by atoms with Crippen molar-refractivity contribution in [2.45, 2.75) is 0 Å². The summed E-state index contributed by atoms with van der Waals surface area (Å²) < 4.78 is 8.86. The van der Waals surface area contributed by atoms with Crippen molar-refractivity contribution in [3.63, 3.8) is 0 Å². The van der Waals surface area contributed by atoms with Gasteiger partial charge in [0.15, 0.2) is 0 Å². The third kappa shape index (κ3) is 6.29. The molecular weight excluding hydrogens is 765 g/mol. The monoisotopic (exact) mass is 804 g/mol. The second-order valence-electron chi connectivity index (χ2n) is 16.1. The van der Waals surface area contributed by atoms with Crippen LogP contribution >= 0.6 is 0 Å². The standard InChI is InChI=1S/C60H40N2O/c1-3-16-41(17-4-1)48-20-7-9-22-51(48)52-23-10-8-21-49(52)42-30-34-45(35-31-42)61(47-38-39-55-54-25-12-14-29-58(54)63-59(55)40-47)46-36-32-43(33-37-46)50-26-15-27-56-53-24-11-13-28-57(53)62(60(50)56)44-18-5-2-6-19-44/h1-40H. The van der Waals surface area contributed by atoms with Gasteiger partial charge >= 0.3 is 0 Å². The molecular formula is C60H40N2O. The SMILES string of the molecule is c1ccc(-c2ccccc2-c2ccccc2-c2ccc(N(c3ccc(-c4cccc5c6ccccc6n(-c6ccccc6)c45)cc3)c3ccc4c(c3)oc3ccccc34)cc2)cc1. The van der Waals surface area contributed by atoms with Crippen molar-refractivity contribution in [1.82, 2.24) is 4.57 Å². The molecule has 12 rings (SSSR count). The quantitative estimate of drug-likeness (QED) is 0.153. The van der Waals surface area contributed by atoms with Crippen molar-refractivity contribution in [3.05, 3.63) is 243 Å². The van der Waals surface area contributed by atoms with Crippen molar-refractivity contribution in [1.29, 1.82) is 0 Å². The maximum absolute atomic E-state index is 6.45. The number of nitrogens with zero attached hydrogens (tertiary/aromatic N) is 2. The number of fused-ring (bicyclic) bond motifs is 6. The summed E-state index contributed by atoms with van der Waals surface area (Å²) in [5.74, 6) is 0. The summed E-state index contributed by atoms with van der Waals surface area (Å²) in [5.41, 5.74) is 17.9. The molecule has 0 spiro atoms. The summed E-state index contributed by atoms with van der Waals surface area (Å²) in [4.78, 5) is 2.33. The van der Waals surface area contributed by atoms with Crippen molar-refractivity contribution in [2.24, 2.45) is 0 Å². The molecule has 10 aromatic carbocycles. The molecule has 0 bridgehead atoms. The Kier molecular flexibility index (Phi) is 8.83. The van der Waals surface area contributed by atoms with E-state index in [1.165, 1.54) is 55.2 Å². The lowest BCUT2D eigenvalue weighted by Crippen LogP contribution is -2.09. The number of benzene rings is 10. The molecule has 0 saturated heterocycles. The zero-order valence-corrected chi connectivity index (χ0v) is 34.4. The van der Waals surface area contributed by atoms with E-state index in [9.17, 15) is 0 Å². The van der Waals surface area contributed by atoms with Gasteiger partial charge in [0, 0.05) is 55.9 Å². The molecule has 2 heterocycles. The summed E-state index contributed by atoms with van der Waals surface area (Å²) in [6.45, 7) is 0. The fourth-order valence-corrected chi connectivity index (χ4v) is 9.53. The van der Waals surface area contributed by atoms with Crippen LogP contribution in [0, 0.1) is 0 Å². The van der Waals surface area contributed by atoms with Gasteiger partial charge in [0.25, 0.3) is 0 Å². The first-order chi connectivity index (χ1) is 31.3. The first kappa shape index (κ1) is 36.5. The van der Waals surface area contributed by atoms with Gasteiger partial charge in [-0.25, -0.2) is 0 Å². The van der Waals surface area contributed by atoms with Crippen LogP contribution in [0.5, 0.6) is 0 Å². The summed E-state index contributed by atoms with van der Waals surface area (Å²) in [7, 11) is 0. The first-order valence-electron chi connectivity index (χ1n) is 21.5. The molecule has 0 aliphatic heterocycles. The number of hydrogen-bond donors (Lipinski definition) is 0. The fourth-order valence-electron chi connectivity index (χ4n) is 9.53. The average molecular weight is 805 g/mol. The van der Waals surface area contributed by atoms with E-state index in [-0.39, 0.29) is 0 Å². The van der Waals surface area contributed by atoms with E-state index in [2.05, 4.69) is 240 Å². The molecule has 2 aromatic heterocycles. The molecule has 0 saturated carbocycles. The first-order valence-corrected chi connectivity index (χ1v) is 21.5. The lowest BCUT2D eigenvalue weighted by Gasteiger charge is -2.26. The van der Waals surface area contributed by atoms with E-state index in [1.807, 2.05) is 12.1 Å². The van der Waals surface area contributed by atoms with Gasteiger partial charge in [-0.2, -0.15) is 0 Å². The minimum absolute atomic E-state index is 0.860. The lowest BCUT2D eigenvalue weighted by atomic mass is 9.89. The summed E-state index contributed by atoms with van der Waals surface area (Å²) in [5, 5.41) is 4.71. The Labute approximate surface area is 366 Å². The number of rotatable bonds is 8. The summed E-state index contributed by atoms with van der Waals surface area (Å²) >= 11 is 0. The molecule has 0 atom stereocenters. The highest BCUT2D eigenvalue weighted by atomic mass is 16.3. The van der Waals surface area contributed by atoms with Gasteiger partial charge in [0.2, 0.25) is 0 Å². The Balaban J connectivity index is 0.978. The summed E-state index contributed by atoms with van der Waals surface area (Å²) in [6.07, 6.45) is 0. The van der Waals surface area contributed by atoms with Crippen LogP contribution in [0.1, 0.15) is 0 Å². The Hall–Kier alpha value is -8.40. The van der Waals surface area contributed by atoms with Crippen LogP contribution in [0.15, 0.2) is 247 Å². The predicted octanol–water partition coefficient (Wildman–Crippen LogP) is 16.8. The van der Waals surface area contributed by atoms with E-state index in [0.717, 1.165) is 55.8 Å². The molecule has 12 aromatic rings. The molecule has 0 N–H and O–H groups in total. The number of para-hydroxylation sites is 4. The molecule has 0 aliphatic rings. The van der Waals surface area contributed by atoms with Gasteiger partial charge in [-0.3, -0.25) is 0 Å². The highest BCUT2D eigenvalue weighted by molar-refractivity contribution is 6.14. The van der Waals surface area contributed by atoms with Crippen LogP contribution in [0.4, 0.5) is 17.1 Å². The largest absolute Gasteiger partial charge is 0.456 e. The fraction of sp³-hybridized carbons (Fsp3) is 0. The van der Waals surface area contributed by atoms with E-state index >= 15 is 0 Å². The number of hydrogen-bond acceptors (Lipinski definition) is 2. The Morgan fingerprint density at radius 1 is 0.302 bits per heavy atom. The maximum Gasteiger partial charge on any atom is 0.137 e. The normalized spacial score (nSPS) is 11.5. The predicted molar refractivity (Wildman–Crippen MR) is 264 cm³/mol. The van der Waals surface area contributed by atoms with Crippen LogP contribution in [0.25, 0.3) is 93.9 Å². The molecule has 3 nitrogen and oxygen atoms in total. The molecule has 0 unspecified atom stereocenters. The van der Waals surface area contributed by atoms with Crippen LogP contribution in [-0.4, -0.2) is 4.57 Å². The topological polar surface area (TPSA) is 21.3 Å². The maximum atomic E-state index is 6.45. The lowest BCUT2D eigenvalue weighted by molar-refractivity contribution is 0.669. The highest BCUT2D eigenvalue weighted by Gasteiger charge is 2.20. The van der Waals surface area contributed by atoms with Crippen molar-refractivity contribution < 1.29 is 4.42 Å². The zero-order chi connectivity index (χ0) is 41.7. The molecule has 296 valence electrons. The minimum atomic E-state index is 0.860. The van der Waals surface area contributed by atoms with Crippen molar-refractivity contribution >= 4 is 60.8 Å². The van der Waals surface area contributed by atoms with Crippen LogP contribution in [0.2, 0.25) is 0 Å². The van der Waals surface area contributed by atoms with Crippen LogP contribution < -0.4 is 4.90 Å². The average Bonchev–Trinajstić information content (AvgIpc) is 3.91.